The number of hydrogen-bond acceptors (Lipinski definition) is 1. The van der Waals surface area contributed by atoms with Crippen molar-refractivity contribution >= 4 is 21.9 Å². The second-order valence-corrected chi connectivity index (χ2v) is 5.53. The summed E-state index contributed by atoms with van der Waals surface area (Å²) in [6, 6.07) is 8.18. The van der Waals surface area contributed by atoms with Crippen LogP contribution in [0.2, 0.25) is 0 Å². The van der Waals surface area contributed by atoms with Gasteiger partial charge in [0.1, 0.15) is 4.83 Å². The summed E-state index contributed by atoms with van der Waals surface area (Å²) < 4.78 is 0. The van der Waals surface area contributed by atoms with Crippen molar-refractivity contribution in [2.75, 3.05) is 0 Å². The summed E-state index contributed by atoms with van der Waals surface area (Å²) >= 11 is 3.14. The van der Waals surface area contributed by atoms with Crippen LogP contribution in [0.5, 0.6) is 0 Å². The summed E-state index contributed by atoms with van der Waals surface area (Å²) in [6.45, 7) is 4.37. The van der Waals surface area contributed by atoms with Crippen LogP contribution in [0.4, 0.5) is 0 Å². The Bertz CT molecular complexity index is 343. The molecule has 3 heteroatoms. The van der Waals surface area contributed by atoms with Crippen LogP contribution in [-0.4, -0.2) is 15.9 Å². The number of carbonyl (C=O) groups is 1. The Hall–Kier alpha value is -0.830. The second kappa shape index (κ2) is 6.04. The van der Waals surface area contributed by atoms with Crippen LogP contribution in [0.25, 0.3) is 0 Å². The first-order chi connectivity index (χ1) is 7.49. The van der Waals surface area contributed by atoms with E-state index in [4.69, 9.17) is 5.11 Å². The van der Waals surface area contributed by atoms with E-state index in [1.807, 2.05) is 12.1 Å². The molecule has 0 saturated carbocycles. The van der Waals surface area contributed by atoms with Crippen LogP contribution in [0.3, 0.4) is 0 Å². The maximum atomic E-state index is 10.7. The lowest BCUT2D eigenvalue weighted by Gasteiger charge is -2.07. The molecule has 1 aromatic rings. The summed E-state index contributed by atoms with van der Waals surface area (Å²) in [7, 11) is 0. The van der Waals surface area contributed by atoms with Gasteiger partial charge in [0.2, 0.25) is 0 Å². The molecule has 2 nitrogen and oxygen atoms in total. The van der Waals surface area contributed by atoms with E-state index in [0.29, 0.717) is 12.3 Å². The first-order valence-corrected chi connectivity index (χ1v) is 6.35. The fourth-order valence-electron chi connectivity index (χ4n) is 1.58. The molecule has 1 atom stereocenters. The van der Waals surface area contributed by atoms with Gasteiger partial charge in [-0.05, 0) is 29.9 Å². The quantitative estimate of drug-likeness (QED) is 0.843. The molecule has 0 unspecified atom stereocenters. The molecule has 0 saturated heterocycles. The molecule has 0 radical (unpaired) electrons. The van der Waals surface area contributed by atoms with Crippen molar-refractivity contribution in [2.45, 2.75) is 31.5 Å². The summed E-state index contributed by atoms with van der Waals surface area (Å²) in [6.07, 6.45) is 1.59. The standard InChI is InChI=1S/C13H17BrO2/c1-9(2)7-10-3-5-11(6-4-10)8-12(14)13(15)16/h3-6,9,12H,7-8H2,1-2H3,(H,15,16)/t12-/m0/s1. The highest BCUT2D eigenvalue weighted by molar-refractivity contribution is 9.10. The maximum absolute atomic E-state index is 10.7. The van der Waals surface area contributed by atoms with Gasteiger partial charge < -0.3 is 5.11 Å². The van der Waals surface area contributed by atoms with Gasteiger partial charge in [0.25, 0.3) is 0 Å². The molecule has 1 rings (SSSR count). The van der Waals surface area contributed by atoms with Crippen molar-refractivity contribution in [3.05, 3.63) is 35.4 Å². The van der Waals surface area contributed by atoms with Crippen molar-refractivity contribution in [3.63, 3.8) is 0 Å². The Morgan fingerprint density at radius 3 is 2.00 bits per heavy atom. The smallest absolute Gasteiger partial charge is 0.317 e. The molecule has 16 heavy (non-hydrogen) atoms. The highest BCUT2D eigenvalue weighted by Crippen LogP contribution is 2.13. The van der Waals surface area contributed by atoms with Crippen LogP contribution in [-0.2, 0) is 17.6 Å². The monoisotopic (exact) mass is 284 g/mol. The molecular formula is C13H17BrO2. The molecule has 0 aromatic heterocycles. The fourth-order valence-corrected chi connectivity index (χ4v) is 1.95. The summed E-state index contributed by atoms with van der Waals surface area (Å²) in [5.74, 6) is -0.167. The maximum Gasteiger partial charge on any atom is 0.317 e. The highest BCUT2D eigenvalue weighted by atomic mass is 79.9. The van der Waals surface area contributed by atoms with Gasteiger partial charge >= 0.3 is 5.97 Å². The number of carboxylic acids is 1. The van der Waals surface area contributed by atoms with Crippen LogP contribution in [0, 0.1) is 5.92 Å². The van der Waals surface area contributed by atoms with E-state index in [1.165, 1.54) is 5.56 Å². The molecule has 88 valence electrons. The number of alkyl halides is 1. The van der Waals surface area contributed by atoms with E-state index < -0.39 is 10.8 Å². The number of hydrogen-bond donors (Lipinski definition) is 1. The third kappa shape index (κ3) is 4.35. The second-order valence-electron chi connectivity index (χ2n) is 4.42. The summed E-state index contributed by atoms with van der Waals surface area (Å²) in [5.41, 5.74) is 2.36. The predicted molar refractivity (Wildman–Crippen MR) is 69.0 cm³/mol. The zero-order chi connectivity index (χ0) is 12.1. The highest BCUT2D eigenvalue weighted by Gasteiger charge is 2.13. The normalized spacial score (nSPS) is 12.8. The summed E-state index contributed by atoms with van der Waals surface area (Å²) in [5, 5.41) is 8.77. The van der Waals surface area contributed by atoms with Crippen LogP contribution in [0.15, 0.2) is 24.3 Å². The Labute approximate surface area is 105 Å². The Kier molecular flexibility index (Phi) is 5.00. The van der Waals surface area contributed by atoms with Crippen molar-refractivity contribution < 1.29 is 9.90 Å². The first-order valence-electron chi connectivity index (χ1n) is 5.43. The van der Waals surface area contributed by atoms with E-state index in [9.17, 15) is 4.79 Å². The number of rotatable bonds is 5. The molecule has 0 aliphatic rings. The molecule has 0 aliphatic heterocycles. The SMILES string of the molecule is CC(C)Cc1ccc(C[C@H](Br)C(=O)O)cc1. The van der Waals surface area contributed by atoms with E-state index >= 15 is 0 Å². The largest absolute Gasteiger partial charge is 0.480 e. The predicted octanol–water partition coefficient (Wildman–Crippen LogP) is 3.28. The lowest BCUT2D eigenvalue weighted by Crippen LogP contribution is -2.15. The minimum absolute atomic E-state index is 0.497. The van der Waals surface area contributed by atoms with Crippen molar-refractivity contribution in [2.24, 2.45) is 5.92 Å². The van der Waals surface area contributed by atoms with Crippen molar-refractivity contribution in [3.8, 4) is 0 Å². The van der Waals surface area contributed by atoms with E-state index in [0.717, 1.165) is 12.0 Å². The Morgan fingerprint density at radius 1 is 1.19 bits per heavy atom. The number of benzene rings is 1. The lowest BCUT2D eigenvalue weighted by atomic mass is 10.0. The minimum Gasteiger partial charge on any atom is -0.480 e. The van der Waals surface area contributed by atoms with Gasteiger partial charge in [0, 0.05) is 0 Å². The molecule has 0 bridgehead atoms. The molecular weight excluding hydrogens is 268 g/mol. The van der Waals surface area contributed by atoms with Crippen molar-refractivity contribution in [1.82, 2.24) is 0 Å². The molecule has 0 aliphatic carbocycles. The first kappa shape index (κ1) is 13.2. The average molecular weight is 285 g/mol. The zero-order valence-corrected chi connectivity index (χ0v) is 11.2. The molecule has 1 N–H and O–H groups in total. The molecule has 0 amide bonds. The van der Waals surface area contributed by atoms with Gasteiger partial charge in [-0.15, -0.1) is 0 Å². The van der Waals surface area contributed by atoms with Gasteiger partial charge in [0.05, 0.1) is 0 Å². The van der Waals surface area contributed by atoms with Gasteiger partial charge in [-0.3, -0.25) is 4.79 Å². The number of aliphatic carboxylic acids is 1. The van der Waals surface area contributed by atoms with Crippen LogP contribution in [0.1, 0.15) is 25.0 Å². The fraction of sp³-hybridized carbons (Fsp3) is 0.462. The van der Waals surface area contributed by atoms with E-state index in [-0.39, 0.29) is 0 Å². The zero-order valence-electron chi connectivity index (χ0n) is 9.61. The topological polar surface area (TPSA) is 37.3 Å². The van der Waals surface area contributed by atoms with Crippen molar-refractivity contribution in [1.29, 1.82) is 0 Å². The molecule has 0 spiro atoms. The Morgan fingerprint density at radius 2 is 1.62 bits per heavy atom. The van der Waals surface area contributed by atoms with Gasteiger partial charge in [0.15, 0.2) is 0 Å². The lowest BCUT2D eigenvalue weighted by molar-refractivity contribution is -0.136. The van der Waals surface area contributed by atoms with Gasteiger partial charge in [-0.25, -0.2) is 0 Å². The van der Waals surface area contributed by atoms with Crippen LogP contribution >= 0.6 is 15.9 Å². The molecule has 0 fully saturated rings. The third-order valence-electron chi connectivity index (χ3n) is 2.35. The third-order valence-corrected chi connectivity index (χ3v) is 3.07. The Balaban J connectivity index is 2.61. The minimum atomic E-state index is -0.814. The average Bonchev–Trinajstić information content (AvgIpc) is 2.20. The molecule has 0 heterocycles. The van der Waals surface area contributed by atoms with Gasteiger partial charge in [-0.1, -0.05) is 54.0 Å². The number of carboxylic acid groups (broad SMARTS) is 1. The van der Waals surface area contributed by atoms with E-state index in [1.54, 1.807) is 0 Å². The number of halogens is 1. The van der Waals surface area contributed by atoms with Gasteiger partial charge in [-0.2, -0.15) is 0 Å². The summed E-state index contributed by atoms with van der Waals surface area (Å²) in [4.78, 5) is 10.2. The molecule has 1 aromatic carbocycles. The van der Waals surface area contributed by atoms with Crippen LogP contribution < -0.4 is 0 Å². The van der Waals surface area contributed by atoms with E-state index in [2.05, 4.69) is 41.9 Å².